The van der Waals surface area contributed by atoms with Crippen LogP contribution in [-0.4, -0.2) is 30.1 Å². The molecule has 0 heterocycles. The van der Waals surface area contributed by atoms with Gasteiger partial charge in [-0.05, 0) is 41.6 Å². The van der Waals surface area contributed by atoms with Crippen molar-refractivity contribution in [1.82, 2.24) is 4.90 Å². The van der Waals surface area contributed by atoms with Gasteiger partial charge in [0.25, 0.3) is 0 Å². The number of hydrogen-bond donors (Lipinski definition) is 1. The lowest BCUT2D eigenvalue weighted by Crippen LogP contribution is -2.27. The Labute approximate surface area is 121 Å². The molecule has 0 amide bonds. The number of benzene rings is 2. The molecule has 2 heteroatoms. The average molecular weight is 269 g/mol. The van der Waals surface area contributed by atoms with Crippen LogP contribution in [0.25, 0.3) is 10.8 Å². The van der Waals surface area contributed by atoms with E-state index in [1.165, 1.54) is 11.8 Å². The van der Waals surface area contributed by atoms with Crippen molar-refractivity contribution in [1.29, 1.82) is 0 Å². The molecule has 1 fully saturated rings. The predicted molar refractivity (Wildman–Crippen MR) is 83.7 cm³/mol. The largest absolute Gasteiger partial charge is 0.387 e. The molecular formula is C18H23NO. The van der Waals surface area contributed by atoms with Crippen LogP contribution < -0.4 is 0 Å². The molecule has 2 aromatic carbocycles. The molecule has 1 aliphatic carbocycles. The topological polar surface area (TPSA) is 23.5 Å². The zero-order chi connectivity index (χ0) is 14.1. The van der Waals surface area contributed by atoms with Crippen molar-refractivity contribution in [2.45, 2.75) is 19.4 Å². The Morgan fingerprint density at radius 2 is 1.90 bits per heavy atom. The molecule has 0 spiro atoms. The fourth-order valence-corrected chi connectivity index (χ4v) is 3.06. The van der Waals surface area contributed by atoms with Crippen molar-refractivity contribution >= 4 is 10.8 Å². The SMILES string of the molecule is CC1CC1CN(C)CC(O)c1cccc2ccccc12. The molecule has 2 nitrogen and oxygen atoms in total. The Morgan fingerprint density at radius 3 is 2.65 bits per heavy atom. The highest BCUT2D eigenvalue weighted by Crippen LogP contribution is 2.38. The zero-order valence-corrected chi connectivity index (χ0v) is 12.3. The van der Waals surface area contributed by atoms with Crippen molar-refractivity contribution in [3.8, 4) is 0 Å². The number of nitrogens with zero attached hydrogens (tertiary/aromatic N) is 1. The maximum absolute atomic E-state index is 10.5. The van der Waals surface area contributed by atoms with Gasteiger partial charge >= 0.3 is 0 Å². The summed E-state index contributed by atoms with van der Waals surface area (Å²) < 4.78 is 0. The smallest absolute Gasteiger partial charge is 0.0922 e. The highest BCUT2D eigenvalue weighted by molar-refractivity contribution is 5.85. The minimum atomic E-state index is -0.417. The number of likely N-dealkylation sites (N-methyl/N-ethyl adjacent to an activating group) is 1. The first kappa shape index (κ1) is 13.6. The molecule has 0 aliphatic heterocycles. The van der Waals surface area contributed by atoms with Crippen LogP contribution in [0, 0.1) is 11.8 Å². The Morgan fingerprint density at radius 1 is 1.20 bits per heavy atom. The molecule has 3 atom stereocenters. The van der Waals surface area contributed by atoms with E-state index in [1.807, 2.05) is 24.3 Å². The molecular weight excluding hydrogens is 246 g/mol. The number of aliphatic hydroxyl groups excluding tert-OH is 1. The average Bonchev–Trinajstić information content (AvgIpc) is 3.13. The van der Waals surface area contributed by atoms with Crippen molar-refractivity contribution in [2.75, 3.05) is 20.1 Å². The first-order valence-electron chi connectivity index (χ1n) is 7.49. The van der Waals surface area contributed by atoms with Gasteiger partial charge < -0.3 is 10.0 Å². The van der Waals surface area contributed by atoms with E-state index in [0.717, 1.165) is 29.3 Å². The number of hydrogen-bond acceptors (Lipinski definition) is 2. The first-order valence-corrected chi connectivity index (χ1v) is 7.49. The molecule has 0 radical (unpaired) electrons. The summed E-state index contributed by atoms with van der Waals surface area (Å²) >= 11 is 0. The molecule has 3 rings (SSSR count). The monoisotopic (exact) mass is 269 g/mol. The standard InChI is InChI=1S/C18H23NO/c1-13-10-15(13)11-19(2)12-18(20)17-9-5-7-14-6-3-4-8-16(14)17/h3-9,13,15,18,20H,10-12H2,1-2H3. The maximum atomic E-state index is 10.5. The molecule has 3 unspecified atom stereocenters. The van der Waals surface area contributed by atoms with Gasteiger partial charge in [0.05, 0.1) is 6.10 Å². The molecule has 1 N–H and O–H groups in total. The first-order chi connectivity index (χ1) is 9.65. The van der Waals surface area contributed by atoms with E-state index >= 15 is 0 Å². The van der Waals surface area contributed by atoms with Gasteiger partial charge in [0.15, 0.2) is 0 Å². The van der Waals surface area contributed by atoms with Crippen LogP contribution in [0.2, 0.25) is 0 Å². The fraction of sp³-hybridized carbons (Fsp3) is 0.444. The second-order valence-corrected chi connectivity index (χ2v) is 6.28. The summed E-state index contributed by atoms with van der Waals surface area (Å²) in [4.78, 5) is 2.26. The van der Waals surface area contributed by atoms with Crippen LogP contribution in [0.5, 0.6) is 0 Å². The highest BCUT2D eigenvalue weighted by atomic mass is 16.3. The summed E-state index contributed by atoms with van der Waals surface area (Å²) in [5.41, 5.74) is 1.04. The maximum Gasteiger partial charge on any atom is 0.0922 e. The molecule has 2 aromatic rings. The zero-order valence-electron chi connectivity index (χ0n) is 12.3. The van der Waals surface area contributed by atoms with Crippen molar-refractivity contribution in [2.24, 2.45) is 11.8 Å². The van der Waals surface area contributed by atoms with Crippen LogP contribution in [0.15, 0.2) is 42.5 Å². The number of aliphatic hydroxyl groups is 1. The predicted octanol–water partition coefficient (Wildman–Crippen LogP) is 3.46. The van der Waals surface area contributed by atoms with E-state index in [4.69, 9.17) is 0 Å². The van der Waals surface area contributed by atoms with Gasteiger partial charge in [-0.1, -0.05) is 49.4 Å². The van der Waals surface area contributed by atoms with Gasteiger partial charge in [-0.3, -0.25) is 0 Å². The van der Waals surface area contributed by atoms with Crippen molar-refractivity contribution in [3.63, 3.8) is 0 Å². The molecule has 106 valence electrons. The third kappa shape index (κ3) is 2.87. The molecule has 1 saturated carbocycles. The Balaban J connectivity index is 1.73. The molecule has 0 saturated heterocycles. The van der Waals surface area contributed by atoms with Crippen LogP contribution in [0.1, 0.15) is 25.0 Å². The minimum absolute atomic E-state index is 0.417. The van der Waals surface area contributed by atoms with Gasteiger partial charge in [-0.15, -0.1) is 0 Å². The van der Waals surface area contributed by atoms with E-state index in [2.05, 4.69) is 37.1 Å². The second kappa shape index (κ2) is 5.55. The lowest BCUT2D eigenvalue weighted by molar-refractivity contribution is 0.125. The lowest BCUT2D eigenvalue weighted by Gasteiger charge is -2.21. The number of fused-ring (bicyclic) bond motifs is 1. The molecule has 0 aromatic heterocycles. The van der Waals surface area contributed by atoms with Crippen LogP contribution >= 0.6 is 0 Å². The van der Waals surface area contributed by atoms with Gasteiger partial charge in [-0.25, -0.2) is 0 Å². The normalized spacial score (nSPS) is 23.2. The summed E-state index contributed by atoms with van der Waals surface area (Å²) in [7, 11) is 2.11. The third-order valence-electron chi connectivity index (χ3n) is 4.49. The summed E-state index contributed by atoms with van der Waals surface area (Å²) in [6, 6.07) is 14.4. The van der Waals surface area contributed by atoms with Gasteiger partial charge in [0.2, 0.25) is 0 Å². The van der Waals surface area contributed by atoms with Crippen molar-refractivity contribution in [3.05, 3.63) is 48.0 Å². The Bertz CT molecular complexity index is 589. The highest BCUT2D eigenvalue weighted by Gasteiger charge is 2.33. The number of rotatable bonds is 5. The lowest BCUT2D eigenvalue weighted by atomic mass is 10.00. The van der Waals surface area contributed by atoms with E-state index in [1.54, 1.807) is 0 Å². The Hall–Kier alpha value is -1.38. The van der Waals surface area contributed by atoms with E-state index in [9.17, 15) is 5.11 Å². The van der Waals surface area contributed by atoms with Gasteiger partial charge in [0, 0.05) is 13.1 Å². The van der Waals surface area contributed by atoms with Crippen LogP contribution in [-0.2, 0) is 0 Å². The second-order valence-electron chi connectivity index (χ2n) is 6.28. The minimum Gasteiger partial charge on any atom is -0.387 e. The van der Waals surface area contributed by atoms with E-state index in [0.29, 0.717) is 6.54 Å². The quantitative estimate of drug-likeness (QED) is 0.898. The third-order valence-corrected chi connectivity index (χ3v) is 4.49. The van der Waals surface area contributed by atoms with E-state index in [-0.39, 0.29) is 0 Å². The Kier molecular flexibility index (Phi) is 3.77. The summed E-state index contributed by atoms with van der Waals surface area (Å²) in [5, 5.41) is 12.9. The van der Waals surface area contributed by atoms with Crippen LogP contribution in [0.3, 0.4) is 0 Å². The van der Waals surface area contributed by atoms with Gasteiger partial charge in [-0.2, -0.15) is 0 Å². The van der Waals surface area contributed by atoms with E-state index < -0.39 is 6.10 Å². The summed E-state index contributed by atoms with van der Waals surface area (Å²) in [5.74, 6) is 1.70. The molecule has 20 heavy (non-hydrogen) atoms. The summed E-state index contributed by atoms with van der Waals surface area (Å²) in [6.45, 7) is 4.11. The summed E-state index contributed by atoms with van der Waals surface area (Å²) in [6.07, 6.45) is 0.925. The van der Waals surface area contributed by atoms with Gasteiger partial charge in [0.1, 0.15) is 0 Å². The van der Waals surface area contributed by atoms with Crippen molar-refractivity contribution < 1.29 is 5.11 Å². The van der Waals surface area contributed by atoms with Crippen LogP contribution in [0.4, 0.5) is 0 Å². The molecule has 0 bridgehead atoms. The fourth-order valence-electron chi connectivity index (χ4n) is 3.06. The molecule has 1 aliphatic rings.